The molecule has 1 amide bonds. The molecule has 0 spiro atoms. The molecule has 0 fully saturated rings. The SMILES string of the molecule is Cc1c(NC(=O)CSc2ncnc3sc(-c4ccccc4)cc23)cccc1[N+](=O)[O-]. The highest BCUT2D eigenvalue weighted by Gasteiger charge is 2.16. The van der Waals surface area contributed by atoms with E-state index in [1.165, 1.54) is 24.2 Å². The Labute approximate surface area is 180 Å². The second kappa shape index (κ2) is 8.60. The van der Waals surface area contributed by atoms with E-state index < -0.39 is 4.92 Å². The molecule has 2 aromatic carbocycles. The molecule has 150 valence electrons. The van der Waals surface area contributed by atoms with Gasteiger partial charge >= 0.3 is 0 Å². The van der Waals surface area contributed by atoms with Gasteiger partial charge in [-0.05, 0) is 24.6 Å². The number of aromatic nitrogens is 2. The molecular weight excluding hydrogens is 420 g/mol. The van der Waals surface area contributed by atoms with Gasteiger partial charge in [-0.25, -0.2) is 9.97 Å². The van der Waals surface area contributed by atoms with E-state index >= 15 is 0 Å². The van der Waals surface area contributed by atoms with Crippen LogP contribution in [0.15, 0.2) is 66.0 Å². The molecular formula is C21H16N4O3S2. The summed E-state index contributed by atoms with van der Waals surface area (Å²) in [5, 5.41) is 15.5. The Balaban J connectivity index is 1.50. The number of rotatable bonds is 6. The van der Waals surface area contributed by atoms with Gasteiger partial charge in [0, 0.05) is 16.3 Å². The number of nitrogens with one attached hydrogen (secondary N) is 1. The van der Waals surface area contributed by atoms with Crippen molar-refractivity contribution in [1.29, 1.82) is 0 Å². The van der Waals surface area contributed by atoms with Crippen LogP contribution in [0, 0.1) is 17.0 Å². The number of anilines is 1. The van der Waals surface area contributed by atoms with E-state index in [4.69, 9.17) is 0 Å². The summed E-state index contributed by atoms with van der Waals surface area (Å²) in [4.78, 5) is 33.7. The molecule has 30 heavy (non-hydrogen) atoms. The van der Waals surface area contributed by atoms with Gasteiger partial charge in [0.2, 0.25) is 5.91 Å². The quantitative estimate of drug-likeness (QED) is 0.190. The summed E-state index contributed by atoms with van der Waals surface area (Å²) >= 11 is 2.89. The van der Waals surface area contributed by atoms with Crippen LogP contribution < -0.4 is 5.32 Å². The fourth-order valence-corrected chi connectivity index (χ4v) is 4.81. The van der Waals surface area contributed by atoms with Gasteiger partial charge in [0.25, 0.3) is 5.69 Å². The molecule has 9 heteroatoms. The Morgan fingerprint density at radius 1 is 1.17 bits per heavy atom. The van der Waals surface area contributed by atoms with Crippen LogP contribution >= 0.6 is 23.1 Å². The van der Waals surface area contributed by atoms with Gasteiger partial charge in [-0.1, -0.05) is 48.2 Å². The van der Waals surface area contributed by atoms with Gasteiger partial charge in [-0.3, -0.25) is 14.9 Å². The summed E-state index contributed by atoms with van der Waals surface area (Å²) in [6.45, 7) is 1.62. The largest absolute Gasteiger partial charge is 0.325 e. The highest BCUT2D eigenvalue weighted by atomic mass is 32.2. The van der Waals surface area contributed by atoms with Gasteiger partial charge in [0.15, 0.2) is 0 Å². The third-order valence-corrected chi connectivity index (χ3v) is 6.56. The van der Waals surface area contributed by atoms with Crippen LogP contribution in [0.4, 0.5) is 11.4 Å². The van der Waals surface area contributed by atoms with Crippen LogP contribution in [0.25, 0.3) is 20.7 Å². The van der Waals surface area contributed by atoms with Crippen molar-refractivity contribution >= 4 is 50.6 Å². The van der Waals surface area contributed by atoms with Crippen molar-refractivity contribution in [3.63, 3.8) is 0 Å². The summed E-state index contributed by atoms with van der Waals surface area (Å²) in [6.07, 6.45) is 1.50. The minimum Gasteiger partial charge on any atom is -0.325 e. The van der Waals surface area contributed by atoms with Gasteiger partial charge in [0.05, 0.1) is 21.9 Å². The number of amides is 1. The first kappa shape index (κ1) is 20.0. The molecule has 1 N–H and O–H groups in total. The van der Waals surface area contributed by atoms with Gasteiger partial charge in [-0.2, -0.15) is 0 Å². The van der Waals surface area contributed by atoms with Crippen molar-refractivity contribution in [3.05, 3.63) is 76.6 Å². The second-order valence-electron chi connectivity index (χ2n) is 6.42. The average molecular weight is 437 g/mol. The summed E-state index contributed by atoms with van der Waals surface area (Å²) in [6, 6.07) is 16.7. The number of carbonyl (C=O) groups excluding carboxylic acids is 1. The van der Waals surface area contributed by atoms with Crippen LogP contribution in [0.3, 0.4) is 0 Å². The third kappa shape index (κ3) is 4.17. The molecule has 7 nitrogen and oxygen atoms in total. The minimum absolute atomic E-state index is 0.0234. The number of benzene rings is 2. The number of fused-ring (bicyclic) bond motifs is 1. The standard InChI is InChI=1S/C21H16N4O3S2/c1-13-16(8-5-9-17(13)25(27)28)24-19(26)11-29-20-15-10-18(14-6-3-2-4-7-14)30-21(15)23-12-22-20/h2-10,12H,11H2,1H3,(H,24,26). The maximum atomic E-state index is 12.4. The van der Waals surface area contributed by atoms with E-state index in [1.54, 1.807) is 30.4 Å². The Kier molecular flexibility index (Phi) is 5.73. The Bertz CT molecular complexity index is 1240. The molecule has 0 bridgehead atoms. The molecule has 2 aromatic heterocycles. The van der Waals surface area contributed by atoms with Crippen molar-refractivity contribution in [2.24, 2.45) is 0 Å². The zero-order chi connectivity index (χ0) is 21.1. The maximum absolute atomic E-state index is 12.4. The summed E-state index contributed by atoms with van der Waals surface area (Å²) in [7, 11) is 0. The van der Waals surface area contributed by atoms with Crippen molar-refractivity contribution in [2.45, 2.75) is 11.9 Å². The third-order valence-electron chi connectivity index (χ3n) is 4.47. The molecule has 0 unspecified atom stereocenters. The van der Waals surface area contributed by atoms with Gasteiger partial charge in [0.1, 0.15) is 16.2 Å². The van der Waals surface area contributed by atoms with Gasteiger partial charge in [-0.15, -0.1) is 11.3 Å². The second-order valence-corrected chi connectivity index (χ2v) is 8.41. The molecule has 0 atom stereocenters. The summed E-state index contributed by atoms with van der Waals surface area (Å²) in [5.41, 5.74) is 1.94. The summed E-state index contributed by atoms with van der Waals surface area (Å²) in [5.74, 6) is -0.126. The monoisotopic (exact) mass is 436 g/mol. The zero-order valence-corrected chi connectivity index (χ0v) is 17.5. The van der Waals surface area contributed by atoms with E-state index in [0.717, 1.165) is 25.7 Å². The minimum atomic E-state index is -0.460. The lowest BCUT2D eigenvalue weighted by molar-refractivity contribution is -0.385. The van der Waals surface area contributed by atoms with Gasteiger partial charge < -0.3 is 5.32 Å². The van der Waals surface area contributed by atoms with Crippen LogP contribution in [0.5, 0.6) is 0 Å². The Morgan fingerprint density at radius 3 is 2.73 bits per heavy atom. The first-order chi connectivity index (χ1) is 14.5. The number of nitro benzene ring substituents is 1. The Hall–Kier alpha value is -3.30. The van der Waals surface area contributed by atoms with Crippen LogP contribution in [0.1, 0.15) is 5.56 Å². The highest BCUT2D eigenvalue weighted by molar-refractivity contribution is 8.00. The number of carbonyl (C=O) groups is 1. The lowest BCUT2D eigenvalue weighted by Crippen LogP contribution is -2.15. The lowest BCUT2D eigenvalue weighted by atomic mass is 10.1. The molecule has 4 aromatic rings. The number of hydrogen-bond donors (Lipinski definition) is 1. The normalized spacial score (nSPS) is 10.8. The van der Waals surface area contributed by atoms with Crippen LogP contribution in [-0.2, 0) is 4.79 Å². The fraction of sp³-hybridized carbons (Fsp3) is 0.0952. The van der Waals surface area contributed by atoms with E-state index in [2.05, 4.69) is 15.3 Å². The Morgan fingerprint density at radius 2 is 1.97 bits per heavy atom. The zero-order valence-electron chi connectivity index (χ0n) is 15.9. The predicted octanol–water partition coefficient (Wildman–Crippen LogP) is 5.31. The molecule has 0 saturated carbocycles. The smallest absolute Gasteiger partial charge is 0.274 e. The maximum Gasteiger partial charge on any atom is 0.274 e. The predicted molar refractivity (Wildman–Crippen MR) is 120 cm³/mol. The first-order valence-electron chi connectivity index (χ1n) is 8.99. The number of hydrogen-bond acceptors (Lipinski definition) is 7. The summed E-state index contributed by atoms with van der Waals surface area (Å²) < 4.78 is 0. The van der Waals surface area contributed by atoms with Crippen molar-refractivity contribution in [1.82, 2.24) is 9.97 Å². The number of nitro groups is 1. The first-order valence-corrected chi connectivity index (χ1v) is 10.8. The number of nitrogens with zero attached hydrogens (tertiary/aromatic N) is 3. The van der Waals surface area contributed by atoms with E-state index in [-0.39, 0.29) is 17.3 Å². The molecule has 0 aliphatic carbocycles. The number of thioether (sulfide) groups is 1. The molecule has 0 aliphatic rings. The topological polar surface area (TPSA) is 98.0 Å². The van der Waals surface area contributed by atoms with E-state index in [0.29, 0.717) is 11.3 Å². The number of thiophene rings is 1. The van der Waals surface area contributed by atoms with Crippen molar-refractivity contribution < 1.29 is 9.72 Å². The van der Waals surface area contributed by atoms with E-state index in [9.17, 15) is 14.9 Å². The molecule has 4 rings (SSSR count). The molecule has 0 radical (unpaired) electrons. The molecule has 2 heterocycles. The lowest BCUT2D eigenvalue weighted by Gasteiger charge is -2.08. The van der Waals surface area contributed by atoms with Crippen LogP contribution in [-0.4, -0.2) is 26.6 Å². The highest BCUT2D eigenvalue weighted by Crippen LogP contribution is 2.36. The molecule has 0 aliphatic heterocycles. The average Bonchev–Trinajstić information content (AvgIpc) is 3.19. The van der Waals surface area contributed by atoms with E-state index in [1.807, 2.05) is 36.4 Å². The molecule has 0 saturated heterocycles. The fourth-order valence-electron chi connectivity index (χ4n) is 2.97. The van der Waals surface area contributed by atoms with Crippen LogP contribution in [0.2, 0.25) is 0 Å². The van der Waals surface area contributed by atoms with Crippen molar-refractivity contribution in [2.75, 3.05) is 11.1 Å². The van der Waals surface area contributed by atoms with Crippen molar-refractivity contribution in [3.8, 4) is 10.4 Å².